The molecule has 1 aliphatic rings. The number of aliphatic carboxylic acids is 1. The van der Waals surface area contributed by atoms with Crippen molar-refractivity contribution in [3.05, 3.63) is 29.8 Å². The number of carboxylic acids is 1. The molecule has 1 aromatic carbocycles. The molecule has 0 unspecified atom stereocenters. The van der Waals surface area contributed by atoms with E-state index in [0.717, 1.165) is 5.56 Å². The van der Waals surface area contributed by atoms with Crippen molar-refractivity contribution in [2.75, 3.05) is 26.4 Å². The summed E-state index contributed by atoms with van der Waals surface area (Å²) in [5.41, 5.74) is 0.788. The number of nitrogens with zero attached hydrogens (tertiary/aromatic N) is 1. The van der Waals surface area contributed by atoms with Gasteiger partial charge >= 0.3 is 5.97 Å². The van der Waals surface area contributed by atoms with Crippen LogP contribution in [0, 0.1) is 0 Å². The van der Waals surface area contributed by atoms with Crippen LogP contribution in [-0.4, -0.2) is 50.0 Å². The van der Waals surface area contributed by atoms with Gasteiger partial charge in [0.1, 0.15) is 19.0 Å². The highest BCUT2D eigenvalue weighted by molar-refractivity contribution is 5.83. The Kier molecular flexibility index (Phi) is 7.35. The quantitative estimate of drug-likeness (QED) is 0.403. The summed E-state index contributed by atoms with van der Waals surface area (Å²) in [5, 5.41) is 12.4. The van der Waals surface area contributed by atoms with Gasteiger partial charge in [-0.05, 0) is 25.0 Å². The molecule has 1 saturated heterocycles. The van der Waals surface area contributed by atoms with E-state index >= 15 is 0 Å². The Hall–Kier alpha value is -2.12. The summed E-state index contributed by atoms with van der Waals surface area (Å²) in [6.45, 7) is 1.89. The van der Waals surface area contributed by atoms with Crippen LogP contribution in [0.5, 0.6) is 5.75 Å². The minimum atomic E-state index is -0.796. The molecule has 0 atom stereocenters. The predicted octanol–water partition coefficient (Wildman–Crippen LogP) is 2.04. The molecule has 2 rings (SSSR count). The Balaban J connectivity index is 1.73. The zero-order valence-electron chi connectivity index (χ0n) is 12.8. The van der Waals surface area contributed by atoms with E-state index in [9.17, 15) is 4.79 Å². The van der Waals surface area contributed by atoms with Crippen molar-refractivity contribution in [2.24, 2.45) is 5.16 Å². The van der Waals surface area contributed by atoms with Gasteiger partial charge < -0.3 is 24.2 Å². The van der Waals surface area contributed by atoms with Crippen LogP contribution >= 0.6 is 0 Å². The maximum absolute atomic E-state index is 10.4. The smallest absolute Gasteiger partial charge is 0.303 e. The first kappa shape index (κ1) is 17.2. The highest BCUT2D eigenvalue weighted by Crippen LogP contribution is 2.17. The van der Waals surface area contributed by atoms with Crippen LogP contribution < -0.4 is 4.74 Å². The summed E-state index contributed by atoms with van der Waals surface area (Å²) < 4.78 is 16.3. The van der Waals surface area contributed by atoms with Crippen molar-refractivity contribution in [3.63, 3.8) is 0 Å². The normalized spacial score (nSPS) is 15.1. The van der Waals surface area contributed by atoms with Crippen molar-refractivity contribution in [1.82, 2.24) is 0 Å². The number of hydrogen-bond donors (Lipinski definition) is 1. The van der Waals surface area contributed by atoms with Gasteiger partial charge in [-0.3, -0.25) is 4.79 Å². The average Bonchev–Trinajstić information content (AvgIpc) is 3.06. The summed E-state index contributed by atoms with van der Waals surface area (Å²) in [5.74, 6) is -0.125. The second-order valence-electron chi connectivity index (χ2n) is 4.94. The summed E-state index contributed by atoms with van der Waals surface area (Å²) in [4.78, 5) is 15.5. The summed E-state index contributed by atoms with van der Waals surface area (Å²) >= 11 is 0. The second-order valence-corrected chi connectivity index (χ2v) is 4.94. The van der Waals surface area contributed by atoms with Crippen LogP contribution in [0.1, 0.15) is 24.8 Å². The largest absolute Gasteiger partial charge is 0.488 e. The molecule has 1 heterocycles. The van der Waals surface area contributed by atoms with E-state index in [1.807, 2.05) is 24.3 Å². The zero-order chi connectivity index (χ0) is 16.3. The molecule has 1 N–H and O–H groups in total. The third-order valence-corrected chi connectivity index (χ3v) is 3.13. The Morgan fingerprint density at radius 1 is 1.30 bits per heavy atom. The second kappa shape index (κ2) is 9.81. The minimum Gasteiger partial charge on any atom is -0.488 e. The van der Waals surface area contributed by atoms with Gasteiger partial charge in [0.05, 0.1) is 19.4 Å². The van der Waals surface area contributed by atoms with E-state index in [4.69, 9.17) is 24.2 Å². The molecule has 23 heavy (non-hydrogen) atoms. The Labute approximate surface area is 134 Å². The lowest BCUT2D eigenvalue weighted by molar-refractivity contribution is -0.137. The first-order valence-electron chi connectivity index (χ1n) is 7.58. The molecule has 1 fully saturated rings. The number of benzene rings is 1. The van der Waals surface area contributed by atoms with E-state index in [0.29, 0.717) is 45.0 Å². The number of carboxylic acid groups (broad SMARTS) is 1. The van der Waals surface area contributed by atoms with Gasteiger partial charge in [-0.15, -0.1) is 0 Å². The van der Waals surface area contributed by atoms with E-state index in [2.05, 4.69) is 5.16 Å². The molecule has 0 spiro atoms. The molecule has 0 aliphatic carbocycles. The highest BCUT2D eigenvalue weighted by atomic mass is 16.7. The fourth-order valence-corrected chi connectivity index (χ4v) is 1.97. The van der Waals surface area contributed by atoms with Crippen LogP contribution in [-0.2, 0) is 19.1 Å². The van der Waals surface area contributed by atoms with Crippen LogP contribution in [0.2, 0.25) is 0 Å². The maximum Gasteiger partial charge on any atom is 0.303 e. The number of hydrogen-bond acceptors (Lipinski definition) is 6. The van der Waals surface area contributed by atoms with Crippen molar-refractivity contribution in [2.45, 2.75) is 25.6 Å². The third-order valence-electron chi connectivity index (χ3n) is 3.13. The molecule has 0 saturated carbocycles. The van der Waals surface area contributed by atoms with Gasteiger partial charge in [-0.1, -0.05) is 17.3 Å². The predicted molar refractivity (Wildman–Crippen MR) is 82.7 cm³/mol. The lowest BCUT2D eigenvalue weighted by Crippen LogP contribution is -2.18. The van der Waals surface area contributed by atoms with E-state index in [-0.39, 0.29) is 12.7 Å². The van der Waals surface area contributed by atoms with Gasteiger partial charge in [0.15, 0.2) is 6.29 Å². The maximum atomic E-state index is 10.4. The molecule has 0 radical (unpaired) electrons. The Bertz CT molecular complexity index is 513. The molecule has 0 amide bonds. The highest BCUT2D eigenvalue weighted by Gasteiger charge is 2.16. The Morgan fingerprint density at radius 3 is 2.87 bits per heavy atom. The number of unbranched alkanes of at least 4 members (excludes halogenated alkanes) is 1. The zero-order valence-corrected chi connectivity index (χ0v) is 12.8. The number of carbonyl (C=O) groups is 1. The van der Waals surface area contributed by atoms with Gasteiger partial charge in [-0.25, -0.2) is 0 Å². The molecule has 1 aliphatic heterocycles. The van der Waals surface area contributed by atoms with Crippen LogP contribution in [0.3, 0.4) is 0 Å². The number of para-hydroxylation sites is 1. The number of ether oxygens (including phenoxy) is 3. The fourth-order valence-electron chi connectivity index (χ4n) is 1.97. The van der Waals surface area contributed by atoms with Crippen molar-refractivity contribution in [1.29, 1.82) is 0 Å². The molecule has 7 nitrogen and oxygen atoms in total. The third kappa shape index (κ3) is 6.66. The van der Waals surface area contributed by atoms with Gasteiger partial charge in [0.25, 0.3) is 0 Å². The fraction of sp³-hybridized carbons (Fsp3) is 0.500. The standard InChI is InChI=1S/C16H21NO6/c18-15(19)7-3-4-8-23-17-11-13-5-1-2-6-14(13)22-12-16-20-9-10-21-16/h1-2,5-6,11,16H,3-4,7-10,12H2,(H,18,19). The summed E-state index contributed by atoms with van der Waals surface area (Å²) in [7, 11) is 0. The molecule has 126 valence electrons. The molecule has 0 bridgehead atoms. The molecule has 7 heteroatoms. The van der Waals surface area contributed by atoms with Crippen LogP contribution in [0.4, 0.5) is 0 Å². The van der Waals surface area contributed by atoms with E-state index in [1.165, 1.54) is 0 Å². The molecular weight excluding hydrogens is 302 g/mol. The Morgan fingerprint density at radius 2 is 2.09 bits per heavy atom. The molecule has 1 aromatic rings. The lowest BCUT2D eigenvalue weighted by Gasteiger charge is -2.12. The number of rotatable bonds is 10. The lowest BCUT2D eigenvalue weighted by atomic mass is 10.2. The van der Waals surface area contributed by atoms with Crippen LogP contribution in [0.25, 0.3) is 0 Å². The first-order chi connectivity index (χ1) is 11.3. The van der Waals surface area contributed by atoms with Gasteiger partial charge in [0, 0.05) is 12.0 Å². The molecule has 0 aromatic heterocycles. The van der Waals surface area contributed by atoms with E-state index in [1.54, 1.807) is 6.21 Å². The topological polar surface area (TPSA) is 86.6 Å². The average molecular weight is 323 g/mol. The number of oxime groups is 1. The minimum absolute atomic E-state index is 0.148. The van der Waals surface area contributed by atoms with Gasteiger partial charge in [0.2, 0.25) is 0 Å². The summed E-state index contributed by atoms with van der Waals surface area (Å²) in [6.07, 6.45) is 2.62. The van der Waals surface area contributed by atoms with E-state index < -0.39 is 5.97 Å². The molecular formula is C16H21NO6. The SMILES string of the molecule is O=C(O)CCCCON=Cc1ccccc1OCC1OCCO1. The first-order valence-corrected chi connectivity index (χ1v) is 7.58. The van der Waals surface area contributed by atoms with Crippen molar-refractivity contribution in [3.8, 4) is 5.75 Å². The van der Waals surface area contributed by atoms with Crippen LogP contribution in [0.15, 0.2) is 29.4 Å². The van der Waals surface area contributed by atoms with Gasteiger partial charge in [-0.2, -0.15) is 0 Å². The van der Waals surface area contributed by atoms with Crippen molar-refractivity contribution < 1.29 is 28.9 Å². The summed E-state index contributed by atoms with van der Waals surface area (Å²) in [6, 6.07) is 7.45. The monoisotopic (exact) mass is 323 g/mol. The van der Waals surface area contributed by atoms with Crippen molar-refractivity contribution >= 4 is 12.2 Å².